The van der Waals surface area contributed by atoms with E-state index in [0.29, 0.717) is 34.7 Å². The number of anilines is 1. The Kier molecular flexibility index (Phi) is 7.40. The van der Waals surface area contributed by atoms with E-state index in [2.05, 4.69) is 22.9 Å². The fraction of sp³-hybridized carbons (Fsp3) is 0.200. The van der Waals surface area contributed by atoms with Crippen molar-refractivity contribution in [2.24, 2.45) is 0 Å². The molecule has 5 rings (SSSR count). The van der Waals surface area contributed by atoms with E-state index in [9.17, 15) is 4.79 Å². The van der Waals surface area contributed by atoms with Gasteiger partial charge in [0.2, 0.25) is 0 Å². The predicted molar refractivity (Wildman–Crippen MR) is 157 cm³/mol. The minimum Gasteiger partial charge on any atom is -0.492 e. The number of carbonyl (C=O) groups excluding carboxylic acids is 1. The van der Waals surface area contributed by atoms with Gasteiger partial charge in [-0.25, -0.2) is 0 Å². The molecule has 2 heterocycles. The van der Waals surface area contributed by atoms with Crippen LogP contribution in [0.15, 0.2) is 84.7 Å². The number of hydrogen-bond donors (Lipinski definition) is 0. The van der Waals surface area contributed by atoms with Gasteiger partial charge in [0.05, 0.1) is 18.3 Å². The van der Waals surface area contributed by atoms with Crippen LogP contribution in [0.4, 0.5) is 5.69 Å². The zero-order valence-electron chi connectivity index (χ0n) is 21.4. The van der Waals surface area contributed by atoms with Crippen LogP contribution in [0.2, 0.25) is 5.02 Å². The molecule has 1 aliphatic heterocycles. The highest BCUT2D eigenvalue weighted by Crippen LogP contribution is 2.31. The van der Waals surface area contributed by atoms with Crippen LogP contribution in [0.1, 0.15) is 19.4 Å². The molecule has 8 heteroatoms. The Balaban J connectivity index is 1.36. The van der Waals surface area contributed by atoms with Gasteiger partial charge in [0.25, 0.3) is 5.91 Å². The second-order valence-electron chi connectivity index (χ2n) is 9.27. The monoisotopic (exact) mass is 545 g/mol. The fourth-order valence-corrected chi connectivity index (χ4v) is 4.86. The molecule has 3 aromatic carbocycles. The van der Waals surface area contributed by atoms with Gasteiger partial charge in [-0.15, -0.1) is 0 Å². The Labute approximate surface area is 232 Å². The maximum absolute atomic E-state index is 13.4. The molecule has 1 fully saturated rings. The molecule has 1 aliphatic rings. The van der Waals surface area contributed by atoms with Crippen molar-refractivity contribution < 1.29 is 14.3 Å². The zero-order valence-corrected chi connectivity index (χ0v) is 23.0. The Morgan fingerprint density at radius 1 is 0.974 bits per heavy atom. The number of thiocarbonyl (C=S) groups is 1. The summed E-state index contributed by atoms with van der Waals surface area (Å²) in [5, 5.41) is 2.07. The number of halogens is 1. The van der Waals surface area contributed by atoms with Crippen LogP contribution in [-0.4, -0.2) is 40.2 Å². The molecule has 0 bridgehead atoms. The van der Waals surface area contributed by atoms with Crippen molar-refractivity contribution in [2.75, 3.05) is 18.6 Å². The molecule has 1 aromatic heterocycles. The number of amides is 1. The topological polar surface area (TPSA) is 46.9 Å². The maximum Gasteiger partial charge on any atom is 0.281 e. The molecule has 0 unspecified atom stereocenters. The molecule has 6 nitrogen and oxygen atoms in total. The van der Waals surface area contributed by atoms with Gasteiger partial charge >= 0.3 is 0 Å². The lowest BCUT2D eigenvalue weighted by Gasteiger charge is -2.16. The second kappa shape index (κ2) is 10.9. The average molecular weight is 546 g/mol. The number of hydrogen-bond acceptors (Lipinski definition) is 4. The average Bonchev–Trinajstić information content (AvgIpc) is 3.35. The van der Waals surface area contributed by atoms with Crippen molar-refractivity contribution in [3.8, 4) is 11.5 Å². The van der Waals surface area contributed by atoms with E-state index in [1.165, 1.54) is 4.90 Å². The summed E-state index contributed by atoms with van der Waals surface area (Å²) >= 11 is 11.6. The van der Waals surface area contributed by atoms with E-state index < -0.39 is 0 Å². The molecule has 0 N–H and O–H groups in total. The smallest absolute Gasteiger partial charge is 0.281 e. The van der Waals surface area contributed by atoms with Crippen LogP contribution in [0.25, 0.3) is 17.0 Å². The van der Waals surface area contributed by atoms with Gasteiger partial charge < -0.3 is 18.9 Å². The summed E-state index contributed by atoms with van der Waals surface area (Å²) in [4.78, 5) is 16.7. The number of fused-ring (bicyclic) bond motifs is 1. The zero-order chi connectivity index (χ0) is 26.8. The molecule has 0 spiro atoms. The van der Waals surface area contributed by atoms with Crippen LogP contribution in [0.3, 0.4) is 0 Å². The van der Waals surface area contributed by atoms with Crippen LogP contribution in [0, 0.1) is 0 Å². The largest absolute Gasteiger partial charge is 0.492 e. The standard InChI is InChI=1S/C30H28ClN3O3S/c1-20(2)37-25-14-12-24(13-15-25)36-17-16-33-19-21(26-6-4-5-7-27(26)33)18-28-29(35)34(30(38)32(28)3)23-10-8-22(31)9-11-23/h4-15,18-20H,16-17H2,1-3H3/b28-18-. The molecule has 0 radical (unpaired) electrons. The summed E-state index contributed by atoms with van der Waals surface area (Å²) in [6.45, 7) is 5.14. The number of rotatable bonds is 8. The number of aromatic nitrogens is 1. The van der Waals surface area contributed by atoms with Gasteiger partial charge in [0, 0.05) is 34.7 Å². The van der Waals surface area contributed by atoms with Gasteiger partial charge in [-0.1, -0.05) is 29.8 Å². The molecule has 0 atom stereocenters. The quantitative estimate of drug-likeness (QED) is 0.181. The SMILES string of the molecule is CC(C)Oc1ccc(OCCn2cc(/C=C3/C(=O)N(c4ccc(Cl)cc4)C(=S)N3C)c3ccccc32)cc1. The lowest BCUT2D eigenvalue weighted by Crippen LogP contribution is -2.31. The third kappa shape index (κ3) is 5.26. The van der Waals surface area contributed by atoms with Gasteiger partial charge in [0.15, 0.2) is 5.11 Å². The highest BCUT2D eigenvalue weighted by atomic mass is 35.5. The number of likely N-dealkylation sites (N-methyl/N-ethyl adjacent to an activating group) is 1. The van der Waals surface area contributed by atoms with Crippen LogP contribution in [0.5, 0.6) is 11.5 Å². The van der Waals surface area contributed by atoms with E-state index >= 15 is 0 Å². The van der Waals surface area contributed by atoms with Gasteiger partial charge in [-0.3, -0.25) is 9.69 Å². The number of carbonyl (C=O) groups is 1. The van der Waals surface area contributed by atoms with Crippen LogP contribution < -0.4 is 14.4 Å². The van der Waals surface area contributed by atoms with E-state index in [1.807, 2.05) is 63.4 Å². The lowest BCUT2D eigenvalue weighted by molar-refractivity contribution is -0.114. The predicted octanol–water partition coefficient (Wildman–Crippen LogP) is 6.77. The van der Waals surface area contributed by atoms with Gasteiger partial charge in [0.1, 0.15) is 23.8 Å². The van der Waals surface area contributed by atoms with Crippen molar-refractivity contribution in [1.29, 1.82) is 0 Å². The summed E-state index contributed by atoms with van der Waals surface area (Å²) in [5.41, 5.74) is 3.19. The Bertz CT molecular complexity index is 1510. The molecule has 4 aromatic rings. The number of nitrogens with zero attached hydrogens (tertiary/aromatic N) is 3. The minimum absolute atomic E-state index is 0.128. The van der Waals surface area contributed by atoms with Crippen LogP contribution >= 0.6 is 23.8 Å². The normalized spacial score (nSPS) is 14.8. The molecule has 1 amide bonds. The van der Waals surface area contributed by atoms with Crippen molar-refractivity contribution >= 4 is 57.5 Å². The highest BCUT2D eigenvalue weighted by Gasteiger charge is 2.37. The summed E-state index contributed by atoms with van der Waals surface area (Å²) in [6, 6.07) is 22.9. The molecule has 1 saturated heterocycles. The molecule has 0 aliphatic carbocycles. The summed E-state index contributed by atoms with van der Waals surface area (Å²) in [5.74, 6) is 1.43. The minimum atomic E-state index is -0.176. The summed E-state index contributed by atoms with van der Waals surface area (Å²) < 4.78 is 13.8. The van der Waals surface area contributed by atoms with E-state index in [0.717, 1.165) is 28.0 Å². The Morgan fingerprint density at radius 3 is 2.37 bits per heavy atom. The Hall–Kier alpha value is -3.81. The van der Waals surface area contributed by atoms with Crippen molar-refractivity contribution in [3.05, 3.63) is 95.3 Å². The first-order valence-corrected chi connectivity index (χ1v) is 13.2. The second-order valence-corrected chi connectivity index (χ2v) is 10.1. The maximum atomic E-state index is 13.4. The Morgan fingerprint density at radius 2 is 1.66 bits per heavy atom. The van der Waals surface area contributed by atoms with Gasteiger partial charge in [-0.2, -0.15) is 0 Å². The summed E-state index contributed by atoms with van der Waals surface area (Å²) in [7, 11) is 1.81. The molecule has 194 valence electrons. The van der Waals surface area contributed by atoms with E-state index in [-0.39, 0.29) is 12.0 Å². The first-order valence-electron chi connectivity index (χ1n) is 12.4. The van der Waals surface area contributed by atoms with Crippen molar-refractivity contribution in [3.63, 3.8) is 0 Å². The molecule has 0 saturated carbocycles. The highest BCUT2D eigenvalue weighted by molar-refractivity contribution is 7.80. The lowest BCUT2D eigenvalue weighted by atomic mass is 10.1. The third-order valence-electron chi connectivity index (χ3n) is 6.25. The van der Waals surface area contributed by atoms with E-state index in [4.69, 9.17) is 33.3 Å². The fourth-order valence-electron chi connectivity index (χ4n) is 4.45. The first-order chi connectivity index (χ1) is 18.3. The number of para-hydroxylation sites is 1. The summed E-state index contributed by atoms with van der Waals surface area (Å²) in [6.07, 6.45) is 4.08. The molecule has 38 heavy (non-hydrogen) atoms. The molecular weight excluding hydrogens is 518 g/mol. The van der Waals surface area contributed by atoms with Crippen molar-refractivity contribution in [1.82, 2.24) is 9.47 Å². The van der Waals surface area contributed by atoms with Crippen LogP contribution in [-0.2, 0) is 11.3 Å². The van der Waals surface area contributed by atoms with Crippen molar-refractivity contribution in [2.45, 2.75) is 26.5 Å². The van der Waals surface area contributed by atoms with E-state index in [1.54, 1.807) is 29.2 Å². The van der Waals surface area contributed by atoms with Gasteiger partial charge in [-0.05, 0) is 86.7 Å². The molecular formula is C30H28ClN3O3S. The number of ether oxygens (including phenoxy) is 2. The first kappa shape index (κ1) is 25.8. The number of benzene rings is 3. The third-order valence-corrected chi connectivity index (χ3v) is 6.96.